The normalized spacial score (nSPS) is 21.6. The van der Waals surface area contributed by atoms with Crippen LogP contribution >= 0.6 is 0 Å². The molecule has 1 amide bonds. The van der Waals surface area contributed by atoms with Gasteiger partial charge in [-0.05, 0) is 37.3 Å². The number of benzene rings is 1. The predicted octanol–water partition coefficient (Wildman–Crippen LogP) is 2.28. The van der Waals surface area contributed by atoms with E-state index in [0.29, 0.717) is 35.7 Å². The molecule has 2 aliphatic heterocycles. The summed E-state index contributed by atoms with van der Waals surface area (Å²) < 4.78 is 42.7. The average molecular weight is 404 g/mol. The minimum absolute atomic E-state index is 0.111. The molecule has 4 rings (SSSR count). The Morgan fingerprint density at radius 3 is 2.50 bits per heavy atom. The molecular formula is C19H19FN3O4S. The Morgan fingerprint density at radius 2 is 1.93 bits per heavy atom. The number of nitrogens with zero attached hydrogens (tertiary/aromatic N) is 3. The summed E-state index contributed by atoms with van der Waals surface area (Å²) in [6.45, 7) is 4.76. The number of carbonyl (C=O) groups excluding carboxylic acids is 1. The van der Waals surface area contributed by atoms with Crippen molar-refractivity contribution in [3.8, 4) is 11.1 Å². The van der Waals surface area contributed by atoms with Crippen LogP contribution in [0.15, 0.2) is 36.5 Å². The fourth-order valence-corrected chi connectivity index (χ4v) is 4.51. The smallest absolute Gasteiger partial charge is 0.414 e. The summed E-state index contributed by atoms with van der Waals surface area (Å²) >= 11 is 0. The van der Waals surface area contributed by atoms with E-state index in [2.05, 4.69) is 11.9 Å². The third-order valence-corrected chi connectivity index (χ3v) is 6.47. The zero-order valence-electron chi connectivity index (χ0n) is 15.0. The number of rotatable bonds is 3. The van der Waals surface area contributed by atoms with Crippen LogP contribution in [0.25, 0.3) is 11.1 Å². The number of hydrogen-bond acceptors (Lipinski definition) is 6. The Bertz CT molecular complexity index is 996. The minimum atomic E-state index is -2.96. The topological polar surface area (TPSA) is 79.8 Å². The second kappa shape index (κ2) is 7.05. The Hall–Kier alpha value is -2.68. The summed E-state index contributed by atoms with van der Waals surface area (Å²) in [5, 5.41) is 0. The van der Waals surface area contributed by atoms with Gasteiger partial charge in [-0.1, -0.05) is 0 Å². The highest BCUT2D eigenvalue weighted by molar-refractivity contribution is 7.91. The number of ether oxygens (including phenoxy) is 1. The highest BCUT2D eigenvalue weighted by Gasteiger charge is 2.30. The largest absolute Gasteiger partial charge is 0.444 e. The van der Waals surface area contributed by atoms with Gasteiger partial charge < -0.3 is 9.64 Å². The van der Waals surface area contributed by atoms with E-state index >= 15 is 0 Å². The molecule has 9 heteroatoms. The summed E-state index contributed by atoms with van der Waals surface area (Å²) in [6, 6.07) is 8.04. The van der Waals surface area contributed by atoms with E-state index in [0.717, 1.165) is 0 Å². The average Bonchev–Trinajstić information content (AvgIpc) is 3.00. The van der Waals surface area contributed by atoms with Crippen LogP contribution in [-0.4, -0.2) is 56.7 Å². The van der Waals surface area contributed by atoms with Crippen LogP contribution in [-0.2, 0) is 14.6 Å². The van der Waals surface area contributed by atoms with Crippen molar-refractivity contribution >= 4 is 27.4 Å². The third kappa shape index (κ3) is 3.66. The number of halogens is 1. The zero-order chi connectivity index (χ0) is 19.9. The van der Waals surface area contributed by atoms with Crippen LogP contribution in [0.3, 0.4) is 0 Å². The summed E-state index contributed by atoms with van der Waals surface area (Å²) in [5.41, 5.74) is 1.37. The Labute approximate surface area is 162 Å². The Kier molecular flexibility index (Phi) is 4.70. The van der Waals surface area contributed by atoms with E-state index in [1.807, 2.05) is 4.90 Å². The highest BCUT2D eigenvalue weighted by Crippen LogP contribution is 2.29. The fraction of sp³-hybridized carbons (Fsp3) is 0.316. The molecule has 0 bridgehead atoms. The molecule has 3 heterocycles. The molecule has 0 aliphatic carbocycles. The molecule has 7 nitrogen and oxygen atoms in total. The van der Waals surface area contributed by atoms with E-state index in [-0.39, 0.29) is 18.1 Å². The molecule has 147 valence electrons. The van der Waals surface area contributed by atoms with E-state index in [1.54, 1.807) is 30.5 Å². The number of amides is 1. The molecule has 1 aromatic carbocycles. The number of sulfone groups is 1. The molecule has 2 aromatic rings. The van der Waals surface area contributed by atoms with Gasteiger partial charge in [0.15, 0.2) is 9.84 Å². The first kappa shape index (κ1) is 18.7. The lowest BCUT2D eigenvalue weighted by molar-refractivity contribution is 0.159. The molecule has 2 saturated heterocycles. The first-order valence-corrected chi connectivity index (χ1v) is 10.7. The van der Waals surface area contributed by atoms with E-state index in [4.69, 9.17) is 4.74 Å². The van der Waals surface area contributed by atoms with Gasteiger partial charge in [0.1, 0.15) is 17.7 Å². The minimum Gasteiger partial charge on any atom is -0.444 e. The standard InChI is InChI=1S/C19H19FN3O4S/c1-13-12-23(19(24)27-13)15-3-4-16(17(20)10-15)14-2-5-18(21-11-14)22-6-8-28(25,26)9-7-22/h2-5,10-11,13H,1,6-9,12H2. The monoisotopic (exact) mass is 404 g/mol. The molecule has 1 radical (unpaired) electrons. The molecule has 28 heavy (non-hydrogen) atoms. The summed E-state index contributed by atoms with van der Waals surface area (Å²) in [6.07, 6.45) is 0.547. The van der Waals surface area contributed by atoms with Crippen LogP contribution in [0.1, 0.15) is 0 Å². The molecule has 2 fully saturated rings. The lowest BCUT2D eigenvalue weighted by Gasteiger charge is -2.27. The molecule has 1 aromatic heterocycles. The Morgan fingerprint density at radius 1 is 1.18 bits per heavy atom. The van der Waals surface area contributed by atoms with Gasteiger partial charge in [-0.2, -0.15) is 0 Å². The van der Waals surface area contributed by atoms with Crippen molar-refractivity contribution in [2.45, 2.75) is 6.10 Å². The van der Waals surface area contributed by atoms with Crippen molar-refractivity contribution < 1.29 is 22.3 Å². The fourth-order valence-electron chi connectivity index (χ4n) is 3.31. The summed E-state index contributed by atoms with van der Waals surface area (Å²) in [7, 11) is -2.96. The molecule has 1 unspecified atom stereocenters. The summed E-state index contributed by atoms with van der Waals surface area (Å²) in [4.78, 5) is 19.4. The highest BCUT2D eigenvalue weighted by atomic mass is 32.2. The van der Waals surface area contributed by atoms with E-state index in [9.17, 15) is 17.6 Å². The molecule has 0 spiro atoms. The predicted molar refractivity (Wildman–Crippen MR) is 103 cm³/mol. The zero-order valence-corrected chi connectivity index (χ0v) is 15.9. The first-order chi connectivity index (χ1) is 13.3. The van der Waals surface area contributed by atoms with Crippen LogP contribution in [0.2, 0.25) is 0 Å². The number of hydrogen-bond donors (Lipinski definition) is 0. The summed E-state index contributed by atoms with van der Waals surface area (Å²) in [5.74, 6) is 0.410. The quantitative estimate of drug-likeness (QED) is 0.781. The second-order valence-corrected chi connectivity index (χ2v) is 9.13. The molecule has 0 N–H and O–H groups in total. The lowest BCUT2D eigenvalue weighted by Crippen LogP contribution is -2.40. The molecule has 1 atom stereocenters. The van der Waals surface area contributed by atoms with Gasteiger partial charge in [-0.15, -0.1) is 0 Å². The maximum Gasteiger partial charge on any atom is 0.414 e. The van der Waals surface area contributed by atoms with Gasteiger partial charge in [0.2, 0.25) is 0 Å². The van der Waals surface area contributed by atoms with Gasteiger partial charge >= 0.3 is 6.09 Å². The SMILES string of the molecule is [CH2]C1CN(c2ccc(-c3ccc(N4CCS(=O)(=O)CC4)nc3)c(F)c2)C(=O)O1. The number of aromatic nitrogens is 1. The van der Waals surface area contributed by atoms with Crippen LogP contribution in [0.4, 0.5) is 20.7 Å². The maximum absolute atomic E-state index is 14.7. The van der Waals surface area contributed by atoms with Crippen molar-refractivity contribution in [3.63, 3.8) is 0 Å². The van der Waals surface area contributed by atoms with Crippen LogP contribution in [0, 0.1) is 12.7 Å². The third-order valence-electron chi connectivity index (χ3n) is 4.87. The molecule has 0 saturated carbocycles. The van der Waals surface area contributed by atoms with Crippen molar-refractivity contribution in [1.82, 2.24) is 4.98 Å². The number of pyridine rings is 1. The van der Waals surface area contributed by atoms with Gasteiger partial charge in [0.25, 0.3) is 0 Å². The number of cyclic esters (lactones) is 1. The molecular weight excluding hydrogens is 385 g/mol. The number of anilines is 2. The van der Waals surface area contributed by atoms with Crippen molar-refractivity contribution in [2.75, 3.05) is 40.9 Å². The maximum atomic E-state index is 14.7. The number of carbonyl (C=O) groups is 1. The van der Waals surface area contributed by atoms with Crippen LogP contribution in [0.5, 0.6) is 0 Å². The van der Waals surface area contributed by atoms with Crippen molar-refractivity contribution in [1.29, 1.82) is 0 Å². The van der Waals surface area contributed by atoms with E-state index in [1.165, 1.54) is 11.0 Å². The molecule has 2 aliphatic rings. The van der Waals surface area contributed by atoms with Crippen LogP contribution < -0.4 is 9.80 Å². The van der Waals surface area contributed by atoms with Crippen molar-refractivity contribution in [3.05, 3.63) is 49.3 Å². The van der Waals surface area contributed by atoms with Gasteiger partial charge in [0, 0.05) is 30.4 Å². The van der Waals surface area contributed by atoms with Gasteiger partial charge in [-0.3, -0.25) is 4.90 Å². The lowest BCUT2D eigenvalue weighted by atomic mass is 10.1. The first-order valence-electron chi connectivity index (χ1n) is 8.85. The van der Waals surface area contributed by atoms with Gasteiger partial charge in [-0.25, -0.2) is 22.6 Å². The van der Waals surface area contributed by atoms with Gasteiger partial charge in [0.05, 0.1) is 23.7 Å². The second-order valence-electron chi connectivity index (χ2n) is 6.82. The van der Waals surface area contributed by atoms with E-state index < -0.39 is 27.9 Å². The van der Waals surface area contributed by atoms with Crippen molar-refractivity contribution in [2.24, 2.45) is 0 Å². The Balaban J connectivity index is 1.52.